The average Bonchev–Trinajstić information content (AvgIpc) is 2.33. The minimum absolute atomic E-state index is 0.115. The van der Waals surface area contributed by atoms with Crippen molar-refractivity contribution in [2.45, 2.75) is 79.4 Å². The summed E-state index contributed by atoms with van der Waals surface area (Å²) in [4.78, 5) is 0. The van der Waals surface area contributed by atoms with E-state index in [9.17, 15) is 0 Å². The summed E-state index contributed by atoms with van der Waals surface area (Å²) in [5, 5.41) is 0. The van der Waals surface area contributed by atoms with Crippen molar-refractivity contribution >= 4 is 0 Å². The Morgan fingerprint density at radius 3 is 2.16 bits per heavy atom. The lowest BCUT2D eigenvalue weighted by molar-refractivity contribution is -0.0239. The summed E-state index contributed by atoms with van der Waals surface area (Å²) in [6, 6.07) is 0.538. The van der Waals surface area contributed by atoms with E-state index in [4.69, 9.17) is 4.74 Å². The highest BCUT2D eigenvalue weighted by Crippen LogP contribution is 2.12. The van der Waals surface area contributed by atoms with E-state index < -0.39 is 0 Å². The van der Waals surface area contributed by atoms with Gasteiger partial charge in [-0.2, -0.15) is 0 Å². The highest BCUT2D eigenvalue weighted by Gasteiger charge is 2.19. The zero-order valence-corrected chi connectivity index (χ0v) is 14.2. The Labute approximate surface area is 120 Å². The van der Waals surface area contributed by atoms with Gasteiger partial charge in [0.05, 0.1) is 5.60 Å². The number of rotatable bonds is 11. The number of hydrogen-bond donors (Lipinski definition) is 2. The molecular formula is C16H36N2O. The largest absolute Gasteiger partial charge is 0.374 e. The third-order valence-corrected chi connectivity index (χ3v) is 3.76. The van der Waals surface area contributed by atoms with Gasteiger partial charge in [0.25, 0.3) is 0 Å². The molecule has 0 aliphatic carbocycles. The molecule has 0 bridgehead atoms. The number of nitrogens with one attached hydrogen (secondary N) is 2. The normalized spacial score (nSPS) is 15.8. The Kier molecular flexibility index (Phi) is 9.67. The van der Waals surface area contributed by atoms with Crippen LogP contribution in [0.25, 0.3) is 0 Å². The van der Waals surface area contributed by atoms with Gasteiger partial charge in [-0.1, -0.05) is 41.0 Å². The fraction of sp³-hybridized carbons (Fsp3) is 1.00. The zero-order valence-electron chi connectivity index (χ0n) is 14.2. The third-order valence-electron chi connectivity index (χ3n) is 3.76. The van der Waals surface area contributed by atoms with Gasteiger partial charge in [-0.15, -0.1) is 0 Å². The number of hydrazine groups is 1. The maximum atomic E-state index is 5.94. The second-order valence-electron chi connectivity index (χ2n) is 6.69. The van der Waals surface area contributed by atoms with Crippen molar-refractivity contribution in [3.05, 3.63) is 0 Å². The Morgan fingerprint density at radius 2 is 1.68 bits per heavy atom. The average molecular weight is 272 g/mol. The fourth-order valence-corrected chi connectivity index (χ4v) is 1.95. The van der Waals surface area contributed by atoms with Crippen LogP contribution in [0.15, 0.2) is 0 Å². The molecule has 2 N–H and O–H groups in total. The van der Waals surface area contributed by atoms with Gasteiger partial charge >= 0.3 is 0 Å². The van der Waals surface area contributed by atoms with Gasteiger partial charge < -0.3 is 4.74 Å². The van der Waals surface area contributed by atoms with Gasteiger partial charge in [0.15, 0.2) is 0 Å². The first-order valence-corrected chi connectivity index (χ1v) is 7.94. The molecule has 0 fully saturated rings. The van der Waals surface area contributed by atoms with Crippen LogP contribution in [0.3, 0.4) is 0 Å². The van der Waals surface area contributed by atoms with E-state index in [0.29, 0.717) is 17.9 Å². The lowest BCUT2D eigenvalue weighted by Crippen LogP contribution is -2.49. The highest BCUT2D eigenvalue weighted by atomic mass is 16.5. The fourth-order valence-electron chi connectivity index (χ4n) is 1.95. The van der Waals surface area contributed by atoms with Gasteiger partial charge in [-0.25, -0.2) is 0 Å². The second-order valence-corrected chi connectivity index (χ2v) is 6.69. The first-order chi connectivity index (χ1) is 8.82. The van der Waals surface area contributed by atoms with Crippen LogP contribution in [0.2, 0.25) is 0 Å². The lowest BCUT2D eigenvalue weighted by Gasteiger charge is -2.29. The lowest BCUT2D eigenvalue weighted by atomic mass is 9.98. The third kappa shape index (κ3) is 9.42. The Bertz CT molecular complexity index is 217. The molecule has 2 unspecified atom stereocenters. The van der Waals surface area contributed by atoms with Crippen LogP contribution in [-0.4, -0.2) is 24.8 Å². The minimum atomic E-state index is -0.115. The summed E-state index contributed by atoms with van der Waals surface area (Å²) in [5.41, 5.74) is 6.68. The van der Waals surface area contributed by atoms with Gasteiger partial charge in [0.2, 0.25) is 0 Å². The molecule has 0 amide bonds. The topological polar surface area (TPSA) is 33.3 Å². The van der Waals surface area contributed by atoms with Gasteiger partial charge in [-0.05, 0) is 38.5 Å². The van der Waals surface area contributed by atoms with Crippen molar-refractivity contribution in [2.24, 2.45) is 11.8 Å². The van der Waals surface area contributed by atoms with Crippen LogP contribution >= 0.6 is 0 Å². The molecule has 0 radical (unpaired) electrons. The summed E-state index contributed by atoms with van der Waals surface area (Å²) in [6.45, 7) is 17.2. The molecule has 116 valence electrons. The van der Waals surface area contributed by atoms with Crippen molar-refractivity contribution in [2.75, 3.05) is 13.2 Å². The van der Waals surface area contributed by atoms with Crippen LogP contribution in [0.5, 0.6) is 0 Å². The highest BCUT2D eigenvalue weighted by molar-refractivity contribution is 4.74. The maximum Gasteiger partial charge on any atom is 0.0764 e. The molecule has 0 aromatic carbocycles. The van der Waals surface area contributed by atoms with E-state index in [0.717, 1.165) is 26.0 Å². The van der Waals surface area contributed by atoms with Gasteiger partial charge in [0, 0.05) is 19.2 Å². The molecule has 0 aliphatic heterocycles. The van der Waals surface area contributed by atoms with E-state index in [1.54, 1.807) is 0 Å². The Balaban J connectivity index is 3.89. The molecule has 19 heavy (non-hydrogen) atoms. The van der Waals surface area contributed by atoms with Crippen LogP contribution in [0.4, 0.5) is 0 Å². The molecule has 3 nitrogen and oxygen atoms in total. The first-order valence-electron chi connectivity index (χ1n) is 7.94. The van der Waals surface area contributed by atoms with Crippen molar-refractivity contribution < 1.29 is 4.74 Å². The molecule has 3 heteroatoms. The molecule has 0 saturated carbocycles. The van der Waals surface area contributed by atoms with Crippen LogP contribution in [0.1, 0.15) is 67.7 Å². The van der Waals surface area contributed by atoms with Crippen LogP contribution < -0.4 is 10.9 Å². The minimum Gasteiger partial charge on any atom is -0.374 e. The van der Waals surface area contributed by atoms with Crippen LogP contribution in [-0.2, 0) is 4.74 Å². The van der Waals surface area contributed by atoms with Crippen molar-refractivity contribution in [1.82, 2.24) is 10.9 Å². The van der Waals surface area contributed by atoms with E-state index in [1.165, 1.54) is 6.42 Å². The van der Waals surface area contributed by atoms with E-state index >= 15 is 0 Å². The molecule has 0 aliphatic rings. The molecule has 0 saturated heterocycles. The standard InChI is InChI=1S/C16H36N2O/c1-8-14(5)15(9-2)18-17-12-16(6,7)19-11-10-13(3)4/h13-15,17-18H,8-12H2,1-7H3. The molecule has 0 aromatic heterocycles. The van der Waals surface area contributed by atoms with E-state index in [2.05, 4.69) is 59.3 Å². The maximum absolute atomic E-state index is 5.94. The Morgan fingerprint density at radius 1 is 1.05 bits per heavy atom. The molecule has 0 heterocycles. The number of hydrogen-bond acceptors (Lipinski definition) is 3. The van der Waals surface area contributed by atoms with Crippen molar-refractivity contribution in [3.63, 3.8) is 0 Å². The van der Waals surface area contributed by atoms with Crippen LogP contribution in [0, 0.1) is 11.8 Å². The summed E-state index contributed by atoms with van der Waals surface area (Å²) in [5.74, 6) is 1.40. The predicted molar refractivity (Wildman–Crippen MR) is 84.2 cm³/mol. The monoisotopic (exact) mass is 272 g/mol. The predicted octanol–water partition coefficient (Wildman–Crippen LogP) is 3.75. The molecule has 0 spiro atoms. The quantitative estimate of drug-likeness (QED) is 0.562. The second kappa shape index (κ2) is 9.73. The van der Waals surface area contributed by atoms with E-state index in [-0.39, 0.29) is 5.60 Å². The summed E-state index contributed by atoms with van der Waals surface area (Å²) in [6.07, 6.45) is 3.49. The smallest absolute Gasteiger partial charge is 0.0764 e. The molecule has 0 aromatic rings. The van der Waals surface area contributed by atoms with Gasteiger partial charge in [0.1, 0.15) is 0 Å². The number of ether oxygens (including phenoxy) is 1. The SMILES string of the molecule is CCC(C)C(CC)NNCC(C)(C)OCCC(C)C. The van der Waals surface area contributed by atoms with Gasteiger partial charge in [-0.3, -0.25) is 10.9 Å². The summed E-state index contributed by atoms with van der Waals surface area (Å²) < 4.78 is 5.94. The zero-order chi connectivity index (χ0) is 14.9. The Hall–Kier alpha value is -0.120. The van der Waals surface area contributed by atoms with Crippen molar-refractivity contribution in [1.29, 1.82) is 0 Å². The first kappa shape index (κ1) is 18.9. The summed E-state index contributed by atoms with van der Waals surface area (Å²) >= 11 is 0. The van der Waals surface area contributed by atoms with E-state index in [1.807, 2.05) is 0 Å². The molecular weight excluding hydrogens is 236 g/mol. The molecule has 0 rings (SSSR count). The summed E-state index contributed by atoms with van der Waals surface area (Å²) in [7, 11) is 0. The molecule has 2 atom stereocenters. The van der Waals surface area contributed by atoms with Crippen molar-refractivity contribution in [3.8, 4) is 0 Å².